The highest BCUT2D eigenvalue weighted by Crippen LogP contribution is 2.90. The molecule has 3 aliphatic rings. The molecule has 4 unspecified atom stereocenters. The Hall–Kier alpha value is 0.600. The van der Waals surface area contributed by atoms with E-state index in [1.54, 1.807) is 0 Å². The van der Waals surface area contributed by atoms with Crippen LogP contribution in [0.4, 0.5) is 0 Å². The third-order valence-electron chi connectivity index (χ3n) is 11.7. The van der Waals surface area contributed by atoms with Crippen molar-refractivity contribution in [1.29, 1.82) is 0 Å². The van der Waals surface area contributed by atoms with Gasteiger partial charge in [0, 0.05) is 12.1 Å². The first-order valence-corrected chi connectivity index (χ1v) is 27.3. The molecule has 0 radical (unpaired) electrons. The standard InChI is InChI=1S/C36H74N2O10P4/c1-3-5-7-9-11-13-15-17-25-31-35(37-33-27-21-19-22-28-33)49(39,40)47-51(43,44)36(38-34-29-23-20-24-30-34,52(45,46)48-50(35,41)42)32-26-18-16-14-12-10-8-6-4-2/h33-34,37-38H,3-32H2,1-2H3,(H,39,40)(H,41,42)(H,43,44)(H,45,46). The van der Waals surface area contributed by atoms with Crippen molar-refractivity contribution in [3.8, 4) is 0 Å². The Labute approximate surface area is 315 Å². The molecule has 52 heavy (non-hydrogen) atoms. The Morgan fingerprint density at radius 1 is 0.442 bits per heavy atom. The summed E-state index contributed by atoms with van der Waals surface area (Å²) in [7, 11) is -22.3. The van der Waals surface area contributed by atoms with Crippen LogP contribution in [-0.4, -0.2) is 41.7 Å². The van der Waals surface area contributed by atoms with Crippen LogP contribution in [0.25, 0.3) is 0 Å². The number of unbranched alkanes of at least 4 members (excludes halogenated alkanes) is 16. The molecule has 0 spiro atoms. The minimum atomic E-state index is -5.57. The molecule has 3 rings (SSSR count). The van der Waals surface area contributed by atoms with Crippen LogP contribution in [0.2, 0.25) is 0 Å². The average Bonchev–Trinajstić information content (AvgIpc) is 3.08. The summed E-state index contributed by atoms with van der Waals surface area (Å²) in [4.78, 5) is 47.5. The summed E-state index contributed by atoms with van der Waals surface area (Å²) >= 11 is 0. The van der Waals surface area contributed by atoms with Gasteiger partial charge in [0.15, 0.2) is 0 Å². The second kappa shape index (κ2) is 22.5. The molecule has 0 bridgehead atoms. The van der Waals surface area contributed by atoms with Crippen LogP contribution in [0, 0.1) is 0 Å². The molecule has 4 atom stereocenters. The van der Waals surface area contributed by atoms with Crippen molar-refractivity contribution in [3.05, 3.63) is 0 Å². The van der Waals surface area contributed by atoms with E-state index in [0.717, 1.165) is 103 Å². The Morgan fingerprint density at radius 2 is 0.692 bits per heavy atom. The third-order valence-corrected chi connectivity index (χ3v) is 23.4. The summed E-state index contributed by atoms with van der Waals surface area (Å²) in [6.45, 7) is 4.33. The smallest absolute Gasteiger partial charge is 0.322 e. The molecular weight excluding hydrogens is 744 g/mol. The lowest BCUT2D eigenvalue weighted by Gasteiger charge is -2.49. The van der Waals surface area contributed by atoms with Gasteiger partial charge in [0.05, 0.1) is 0 Å². The van der Waals surface area contributed by atoms with E-state index in [-0.39, 0.29) is 12.8 Å². The van der Waals surface area contributed by atoms with Gasteiger partial charge >= 0.3 is 30.4 Å². The molecule has 1 heterocycles. The van der Waals surface area contributed by atoms with Crippen LogP contribution in [0.15, 0.2) is 0 Å². The fraction of sp³-hybridized carbons (Fsp3) is 1.00. The minimum Gasteiger partial charge on any atom is -0.322 e. The van der Waals surface area contributed by atoms with Crippen LogP contribution in [0.3, 0.4) is 0 Å². The highest BCUT2D eigenvalue weighted by molar-refractivity contribution is 7.86. The van der Waals surface area contributed by atoms with Crippen molar-refractivity contribution in [3.63, 3.8) is 0 Å². The van der Waals surface area contributed by atoms with Gasteiger partial charge in [-0.15, -0.1) is 0 Å². The zero-order valence-corrected chi connectivity index (χ0v) is 36.0. The molecule has 3 fully saturated rings. The number of nitrogens with one attached hydrogen (secondary N) is 2. The molecule has 1 aliphatic heterocycles. The lowest BCUT2D eigenvalue weighted by molar-refractivity contribution is 0.206. The summed E-state index contributed by atoms with van der Waals surface area (Å²) in [5, 5.41) is 0.395. The van der Waals surface area contributed by atoms with Gasteiger partial charge < -0.3 is 19.6 Å². The van der Waals surface area contributed by atoms with E-state index in [1.165, 1.54) is 25.7 Å². The lowest BCUT2D eigenvalue weighted by atomic mass is 9.95. The maximum absolute atomic E-state index is 14.7. The summed E-state index contributed by atoms with van der Waals surface area (Å²) < 4.78 is 69.6. The molecule has 0 aromatic heterocycles. The molecule has 0 aromatic rings. The topological polar surface area (TPSA) is 192 Å². The predicted octanol–water partition coefficient (Wildman–Crippen LogP) is 11.8. The molecule has 6 N–H and O–H groups in total. The van der Waals surface area contributed by atoms with E-state index < -0.39 is 65.4 Å². The first-order valence-electron chi connectivity index (χ1n) is 21.0. The molecule has 1 saturated heterocycles. The minimum absolute atomic E-state index is 0.214. The molecule has 308 valence electrons. The van der Waals surface area contributed by atoms with Crippen molar-refractivity contribution in [2.45, 2.75) is 229 Å². The lowest BCUT2D eigenvalue weighted by Crippen LogP contribution is -2.55. The molecule has 16 heteroatoms. The quantitative estimate of drug-likeness (QED) is 0.0399. The maximum atomic E-state index is 14.7. The Balaban J connectivity index is 1.93. The second-order valence-electron chi connectivity index (χ2n) is 16.0. The highest BCUT2D eigenvalue weighted by Gasteiger charge is 2.75. The van der Waals surface area contributed by atoms with E-state index in [9.17, 15) is 37.8 Å². The van der Waals surface area contributed by atoms with Crippen molar-refractivity contribution in [2.75, 3.05) is 0 Å². The fourth-order valence-corrected chi connectivity index (χ4v) is 20.0. The monoisotopic (exact) mass is 818 g/mol. The number of hydrogen-bond donors (Lipinski definition) is 6. The molecular formula is C36H74N2O10P4. The van der Waals surface area contributed by atoms with Gasteiger partial charge in [0.2, 0.25) is 10.0 Å². The van der Waals surface area contributed by atoms with Crippen LogP contribution < -0.4 is 10.6 Å². The number of hydrogen-bond acceptors (Lipinski definition) is 8. The van der Waals surface area contributed by atoms with Gasteiger partial charge in [-0.1, -0.05) is 168 Å². The predicted molar refractivity (Wildman–Crippen MR) is 211 cm³/mol. The van der Waals surface area contributed by atoms with E-state index in [2.05, 4.69) is 24.5 Å². The van der Waals surface area contributed by atoms with Crippen LogP contribution >= 0.6 is 30.4 Å². The van der Waals surface area contributed by atoms with Crippen molar-refractivity contribution in [1.82, 2.24) is 10.6 Å². The SMILES string of the molecule is CCCCCCCCCCCC1(NC2CCCCC2)P(=O)(O)OP(=O)(O)C(CCCCCCCCCCC)(NC2CCCCC2)P(=O)(O)OP1(=O)O. The normalized spacial score (nSPS) is 35.3. The van der Waals surface area contributed by atoms with Gasteiger partial charge in [0.25, 0.3) is 0 Å². The maximum Gasteiger partial charge on any atom is 0.367 e. The molecule has 0 aromatic carbocycles. The van der Waals surface area contributed by atoms with E-state index >= 15 is 0 Å². The molecule has 12 nitrogen and oxygen atoms in total. The van der Waals surface area contributed by atoms with Gasteiger partial charge in [-0.2, -0.15) is 0 Å². The Bertz CT molecular complexity index is 1090. The van der Waals surface area contributed by atoms with Crippen molar-refractivity contribution in [2.24, 2.45) is 0 Å². The number of rotatable bonds is 24. The van der Waals surface area contributed by atoms with Gasteiger partial charge in [-0.25, -0.2) is 8.62 Å². The fourth-order valence-electron chi connectivity index (χ4n) is 8.44. The molecule has 2 aliphatic carbocycles. The third kappa shape index (κ3) is 12.8. The van der Waals surface area contributed by atoms with Crippen LogP contribution in [0.1, 0.15) is 206 Å². The average molecular weight is 819 g/mol. The Kier molecular flexibility index (Phi) is 20.3. The van der Waals surface area contributed by atoms with Crippen molar-refractivity contribution >= 4 is 30.4 Å². The van der Waals surface area contributed by atoms with Crippen molar-refractivity contribution < 1.29 is 46.5 Å². The van der Waals surface area contributed by atoms with Crippen LogP contribution in [0.5, 0.6) is 0 Å². The van der Waals surface area contributed by atoms with E-state index in [1.807, 2.05) is 0 Å². The molecule has 2 saturated carbocycles. The highest BCUT2D eigenvalue weighted by atomic mass is 31.3. The van der Waals surface area contributed by atoms with Gasteiger partial charge in [0.1, 0.15) is 0 Å². The van der Waals surface area contributed by atoms with Gasteiger partial charge in [-0.3, -0.25) is 28.9 Å². The second-order valence-corrected chi connectivity index (χ2v) is 25.2. The van der Waals surface area contributed by atoms with Crippen LogP contribution in [-0.2, 0) is 26.9 Å². The zero-order chi connectivity index (χ0) is 38.2. The van der Waals surface area contributed by atoms with E-state index in [4.69, 9.17) is 8.62 Å². The first kappa shape index (κ1) is 47.0. The summed E-state index contributed by atoms with van der Waals surface area (Å²) in [5.41, 5.74) is 0. The largest absolute Gasteiger partial charge is 0.367 e. The Morgan fingerprint density at radius 3 is 0.962 bits per heavy atom. The summed E-state index contributed by atoms with van der Waals surface area (Å²) in [5.74, 6) is 0. The summed E-state index contributed by atoms with van der Waals surface area (Å²) in [6, 6.07) is -0.966. The molecule has 0 amide bonds. The first-order chi connectivity index (χ1) is 24.7. The zero-order valence-electron chi connectivity index (χ0n) is 32.4. The van der Waals surface area contributed by atoms with E-state index in [0.29, 0.717) is 38.5 Å². The summed E-state index contributed by atoms with van der Waals surface area (Å²) in [6.07, 6.45) is 22.8. The van der Waals surface area contributed by atoms with Gasteiger partial charge in [-0.05, 0) is 38.5 Å².